The number of thiophene rings is 1. The van der Waals surface area contributed by atoms with Crippen LogP contribution in [0.1, 0.15) is 10.4 Å². The average Bonchev–Trinajstić information content (AvgIpc) is 2.74. The fourth-order valence-electron chi connectivity index (χ4n) is 1.65. The van der Waals surface area contributed by atoms with Gasteiger partial charge in [0.25, 0.3) is 0 Å². The second-order valence-electron chi connectivity index (χ2n) is 3.73. The van der Waals surface area contributed by atoms with Crippen LogP contribution in [0.25, 0.3) is 0 Å². The van der Waals surface area contributed by atoms with Gasteiger partial charge in [-0.05, 0) is 23.1 Å². The predicted octanol–water partition coefficient (Wildman–Crippen LogP) is 3.55. The lowest BCUT2D eigenvalue weighted by atomic mass is 10.1. The summed E-state index contributed by atoms with van der Waals surface area (Å²) in [6.07, 6.45) is 0.944. The number of hydrogen-bond acceptors (Lipinski definition) is 2. The van der Waals surface area contributed by atoms with Gasteiger partial charge in [0, 0.05) is 22.7 Å². The average molecular weight is 253 g/mol. The Labute approximate surface area is 104 Å². The van der Waals surface area contributed by atoms with Gasteiger partial charge in [0.1, 0.15) is 0 Å². The molecule has 0 bridgehead atoms. The van der Waals surface area contributed by atoms with Crippen molar-refractivity contribution in [2.75, 3.05) is 0 Å². The van der Waals surface area contributed by atoms with Crippen LogP contribution in [0.5, 0.6) is 0 Å². The minimum Gasteiger partial charge on any atom is -0.392 e. The van der Waals surface area contributed by atoms with Gasteiger partial charge < -0.3 is 5.11 Å². The van der Waals surface area contributed by atoms with Gasteiger partial charge in [-0.1, -0.05) is 35.9 Å². The van der Waals surface area contributed by atoms with Crippen LogP contribution in [-0.2, 0) is 12.8 Å². The summed E-state index contributed by atoms with van der Waals surface area (Å²) in [5.74, 6) is 0. The highest BCUT2D eigenvalue weighted by atomic mass is 35.5. The van der Waals surface area contributed by atoms with Crippen molar-refractivity contribution >= 4 is 22.9 Å². The highest BCUT2D eigenvalue weighted by molar-refractivity contribution is 7.09. The van der Waals surface area contributed by atoms with Crippen molar-refractivity contribution in [1.82, 2.24) is 0 Å². The molecule has 0 radical (unpaired) electrons. The molecule has 1 aromatic heterocycles. The Hall–Kier alpha value is -0.830. The highest BCUT2D eigenvalue weighted by Gasteiger charge is 2.09. The summed E-state index contributed by atoms with van der Waals surface area (Å²) >= 11 is 7.71. The lowest BCUT2D eigenvalue weighted by Gasteiger charge is -2.10. The first kappa shape index (κ1) is 11.6. The molecule has 3 heteroatoms. The van der Waals surface area contributed by atoms with Gasteiger partial charge in [0.05, 0.1) is 6.10 Å². The maximum atomic E-state index is 9.95. The van der Waals surface area contributed by atoms with Crippen molar-refractivity contribution in [1.29, 1.82) is 0 Å². The number of rotatable bonds is 4. The zero-order valence-electron chi connectivity index (χ0n) is 8.77. The van der Waals surface area contributed by atoms with Crippen LogP contribution in [0.3, 0.4) is 0 Å². The van der Waals surface area contributed by atoms with Crippen LogP contribution in [0, 0.1) is 0 Å². The van der Waals surface area contributed by atoms with E-state index in [4.69, 9.17) is 11.6 Å². The molecule has 0 aliphatic carbocycles. The molecule has 1 N–H and O–H groups in total. The van der Waals surface area contributed by atoms with E-state index in [0.717, 1.165) is 10.6 Å². The van der Waals surface area contributed by atoms with Crippen LogP contribution >= 0.6 is 22.9 Å². The van der Waals surface area contributed by atoms with Gasteiger partial charge in [-0.25, -0.2) is 0 Å². The van der Waals surface area contributed by atoms with Crippen molar-refractivity contribution in [3.8, 4) is 0 Å². The minimum absolute atomic E-state index is 0.362. The van der Waals surface area contributed by atoms with Crippen molar-refractivity contribution in [2.24, 2.45) is 0 Å². The maximum Gasteiger partial charge on any atom is 0.0629 e. The third kappa shape index (κ3) is 3.08. The van der Waals surface area contributed by atoms with Crippen molar-refractivity contribution in [2.45, 2.75) is 18.9 Å². The minimum atomic E-state index is -0.362. The fraction of sp³-hybridized carbons (Fsp3) is 0.231. The van der Waals surface area contributed by atoms with Crippen LogP contribution in [0.2, 0.25) is 5.02 Å². The van der Waals surface area contributed by atoms with Gasteiger partial charge in [-0.15, -0.1) is 11.3 Å². The van der Waals surface area contributed by atoms with E-state index in [9.17, 15) is 5.11 Å². The van der Waals surface area contributed by atoms with Gasteiger partial charge in [0.2, 0.25) is 0 Å². The largest absolute Gasteiger partial charge is 0.392 e. The summed E-state index contributed by atoms with van der Waals surface area (Å²) in [5, 5.41) is 12.7. The van der Waals surface area contributed by atoms with Crippen LogP contribution in [0.4, 0.5) is 0 Å². The SMILES string of the molecule is OC(Cc1cccs1)Cc1ccccc1Cl. The van der Waals surface area contributed by atoms with Crippen molar-refractivity contribution in [3.63, 3.8) is 0 Å². The maximum absolute atomic E-state index is 9.95. The summed E-state index contributed by atoms with van der Waals surface area (Å²) in [6, 6.07) is 11.7. The zero-order valence-corrected chi connectivity index (χ0v) is 10.3. The first-order chi connectivity index (χ1) is 7.75. The Bertz CT molecular complexity index is 439. The van der Waals surface area contributed by atoms with Crippen LogP contribution in [-0.4, -0.2) is 11.2 Å². The standard InChI is InChI=1S/C13H13ClOS/c14-13-6-2-1-4-10(13)8-11(15)9-12-5-3-7-16-12/h1-7,11,15H,8-9H2. The quantitative estimate of drug-likeness (QED) is 0.882. The number of halogens is 1. The van der Waals surface area contributed by atoms with Crippen LogP contribution < -0.4 is 0 Å². The molecule has 16 heavy (non-hydrogen) atoms. The summed E-state index contributed by atoms with van der Waals surface area (Å²) in [5.41, 5.74) is 1.01. The number of aliphatic hydroxyl groups is 1. The summed E-state index contributed by atoms with van der Waals surface area (Å²) in [7, 11) is 0. The molecule has 0 aliphatic rings. The molecule has 1 unspecified atom stereocenters. The molecule has 2 rings (SSSR count). The second kappa shape index (κ2) is 5.48. The molecule has 0 spiro atoms. The zero-order chi connectivity index (χ0) is 11.4. The first-order valence-electron chi connectivity index (χ1n) is 5.19. The van der Waals surface area contributed by atoms with E-state index in [-0.39, 0.29) is 6.10 Å². The molecular weight excluding hydrogens is 240 g/mol. The van der Waals surface area contributed by atoms with E-state index < -0.39 is 0 Å². The van der Waals surface area contributed by atoms with Gasteiger partial charge in [0.15, 0.2) is 0 Å². The number of hydrogen-bond donors (Lipinski definition) is 1. The monoisotopic (exact) mass is 252 g/mol. The van der Waals surface area contributed by atoms with Gasteiger partial charge >= 0.3 is 0 Å². The Kier molecular flexibility index (Phi) is 3.99. The number of aliphatic hydroxyl groups excluding tert-OH is 1. The molecule has 0 saturated heterocycles. The lowest BCUT2D eigenvalue weighted by molar-refractivity contribution is 0.176. The molecule has 1 nitrogen and oxygen atoms in total. The second-order valence-corrected chi connectivity index (χ2v) is 5.17. The van der Waals surface area contributed by atoms with E-state index in [1.807, 2.05) is 41.8 Å². The topological polar surface area (TPSA) is 20.2 Å². The fourth-order valence-corrected chi connectivity index (χ4v) is 2.64. The Balaban J connectivity index is 1.97. The van der Waals surface area contributed by atoms with E-state index in [1.165, 1.54) is 4.88 Å². The molecule has 0 aliphatic heterocycles. The third-order valence-corrected chi connectivity index (χ3v) is 3.70. The molecule has 2 aromatic rings. The summed E-state index contributed by atoms with van der Waals surface area (Å²) in [6.45, 7) is 0. The van der Waals surface area contributed by atoms with E-state index >= 15 is 0 Å². The van der Waals surface area contributed by atoms with E-state index in [1.54, 1.807) is 11.3 Å². The number of benzene rings is 1. The summed E-state index contributed by atoms with van der Waals surface area (Å²) < 4.78 is 0. The molecule has 84 valence electrons. The molecule has 0 saturated carbocycles. The molecule has 1 heterocycles. The highest BCUT2D eigenvalue weighted by Crippen LogP contribution is 2.19. The smallest absolute Gasteiger partial charge is 0.0629 e. The van der Waals surface area contributed by atoms with Gasteiger partial charge in [-0.2, -0.15) is 0 Å². The lowest BCUT2D eigenvalue weighted by Crippen LogP contribution is -2.13. The van der Waals surface area contributed by atoms with Gasteiger partial charge in [-0.3, -0.25) is 0 Å². The third-order valence-electron chi connectivity index (χ3n) is 2.43. The summed E-state index contributed by atoms with van der Waals surface area (Å²) in [4.78, 5) is 1.21. The molecule has 0 fully saturated rings. The molecule has 0 amide bonds. The first-order valence-corrected chi connectivity index (χ1v) is 6.45. The predicted molar refractivity (Wildman–Crippen MR) is 69.2 cm³/mol. The molecule has 1 atom stereocenters. The van der Waals surface area contributed by atoms with Crippen LogP contribution in [0.15, 0.2) is 41.8 Å². The normalized spacial score (nSPS) is 12.6. The van der Waals surface area contributed by atoms with Crippen molar-refractivity contribution in [3.05, 3.63) is 57.2 Å². The van der Waals surface area contributed by atoms with E-state index in [2.05, 4.69) is 0 Å². The van der Waals surface area contributed by atoms with Crippen molar-refractivity contribution < 1.29 is 5.11 Å². The Morgan fingerprint density at radius 2 is 1.94 bits per heavy atom. The molecular formula is C13H13ClOS. The molecule has 1 aromatic carbocycles. The van der Waals surface area contributed by atoms with E-state index in [0.29, 0.717) is 12.8 Å². The Morgan fingerprint density at radius 3 is 2.62 bits per heavy atom. The Morgan fingerprint density at radius 1 is 1.12 bits per heavy atom.